The molecule has 0 aliphatic heterocycles. The molecular weight excluding hydrogens is 212 g/mol. The van der Waals surface area contributed by atoms with Gasteiger partial charge in [-0.2, -0.15) is 0 Å². The van der Waals surface area contributed by atoms with E-state index in [2.05, 4.69) is 18.2 Å². The summed E-state index contributed by atoms with van der Waals surface area (Å²) in [6.07, 6.45) is 11.6. The number of nitrogens with one attached hydrogen (secondary N) is 1. The van der Waals surface area contributed by atoms with Crippen molar-refractivity contribution < 1.29 is 4.79 Å². The Labute approximate surface area is 105 Å². The number of carbonyl (C=O) groups is 1. The lowest BCUT2D eigenvalue weighted by molar-refractivity contribution is -0.128. The first-order valence-electron chi connectivity index (χ1n) is 6.69. The van der Waals surface area contributed by atoms with Crippen LogP contribution in [0.25, 0.3) is 0 Å². The molecule has 1 aliphatic carbocycles. The fourth-order valence-corrected chi connectivity index (χ4v) is 2.60. The van der Waals surface area contributed by atoms with Gasteiger partial charge in [0.25, 0.3) is 0 Å². The van der Waals surface area contributed by atoms with Crippen molar-refractivity contribution in [2.45, 2.75) is 51.5 Å². The van der Waals surface area contributed by atoms with Crippen LogP contribution in [0, 0.1) is 24.2 Å². The van der Waals surface area contributed by atoms with E-state index >= 15 is 0 Å². The predicted molar refractivity (Wildman–Crippen MR) is 70.2 cm³/mol. The van der Waals surface area contributed by atoms with Crippen LogP contribution in [0.2, 0.25) is 0 Å². The van der Waals surface area contributed by atoms with Crippen LogP contribution in [0.1, 0.15) is 45.4 Å². The molecule has 0 bridgehead atoms. The Morgan fingerprint density at radius 1 is 1.53 bits per heavy atom. The van der Waals surface area contributed by atoms with Crippen molar-refractivity contribution in [3.63, 3.8) is 0 Å². The highest BCUT2D eigenvalue weighted by molar-refractivity contribution is 5.79. The second-order valence-corrected chi connectivity index (χ2v) is 4.90. The summed E-state index contributed by atoms with van der Waals surface area (Å²) in [6, 6.07) is -0.118. The van der Waals surface area contributed by atoms with Crippen LogP contribution in [-0.4, -0.2) is 18.5 Å². The number of rotatable bonds is 5. The highest BCUT2D eigenvalue weighted by Gasteiger charge is 2.30. The number of nitrogens with two attached hydrogens (primary N) is 1. The van der Waals surface area contributed by atoms with Crippen molar-refractivity contribution in [2.75, 3.05) is 6.54 Å². The van der Waals surface area contributed by atoms with E-state index in [1.54, 1.807) is 0 Å². The summed E-state index contributed by atoms with van der Waals surface area (Å²) in [5.74, 6) is 3.16. The van der Waals surface area contributed by atoms with Crippen LogP contribution in [0.5, 0.6) is 0 Å². The summed E-state index contributed by atoms with van der Waals surface area (Å²) < 4.78 is 0. The lowest BCUT2D eigenvalue weighted by Gasteiger charge is -2.30. The van der Waals surface area contributed by atoms with E-state index in [1.165, 1.54) is 6.42 Å². The topological polar surface area (TPSA) is 55.1 Å². The summed E-state index contributed by atoms with van der Waals surface area (Å²) in [4.78, 5) is 12.1. The van der Waals surface area contributed by atoms with Crippen molar-refractivity contribution in [1.29, 1.82) is 0 Å². The monoisotopic (exact) mass is 236 g/mol. The number of hydrogen-bond donors (Lipinski definition) is 2. The minimum atomic E-state index is -0.118. The van der Waals surface area contributed by atoms with E-state index in [0.717, 1.165) is 32.1 Å². The minimum Gasteiger partial charge on any atom is -0.342 e. The lowest BCUT2D eigenvalue weighted by Crippen LogP contribution is -2.43. The largest absolute Gasteiger partial charge is 0.342 e. The van der Waals surface area contributed by atoms with Gasteiger partial charge < -0.3 is 11.1 Å². The number of amides is 1. The van der Waals surface area contributed by atoms with Gasteiger partial charge in [-0.3, -0.25) is 4.79 Å². The van der Waals surface area contributed by atoms with Crippen LogP contribution in [0.4, 0.5) is 0 Å². The Bertz CT molecular complexity index is 282. The maximum Gasteiger partial charge on any atom is 0.224 e. The van der Waals surface area contributed by atoms with E-state index in [9.17, 15) is 4.79 Å². The standard InChI is InChI=1S/C14H24N2O/c1-3-7-12(4-2)16-14(17)13-9-6-5-8-11(13)10-15/h2,11-13H,3,5-10,15H2,1H3,(H,16,17). The molecule has 3 unspecified atom stereocenters. The van der Waals surface area contributed by atoms with Crippen molar-refractivity contribution >= 4 is 5.91 Å². The molecule has 1 rings (SSSR count). The molecule has 1 aliphatic rings. The molecule has 3 heteroatoms. The molecule has 0 saturated heterocycles. The molecule has 96 valence electrons. The summed E-state index contributed by atoms with van der Waals surface area (Å²) in [5.41, 5.74) is 5.73. The second-order valence-electron chi connectivity index (χ2n) is 4.90. The summed E-state index contributed by atoms with van der Waals surface area (Å²) >= 11 is 0. The van der Waals surface area contributed by atoms with Gasteiger partial charge in [0.15, 0.2) is 0 Å². The molecule has 1 fully saturated rings. The zero-order valence-corrected chi connectivity index (χ0v) is 10.7. The average Bonchev–Trinajstić information content (AvgIpc) is 2.38. The highest BCUT2D eigenvalue weighted by atomic mass is 16.1. The van der Waals surface area contributed by atoms with E-state index < -0.39 is 0 Å². The fraction of sp³-hybridized carbons (Fsp3) is 0.786. The Morgan fingerprint density at radius 2 is 2.24 bits per heavy atom. The zero-order valence-electron chi connectivity index (χ0n) is 10.7. The van der Waals surface area contributed by atoms with Crippen LogP contribution in [-0.2, 0) is 4.79 Å². The highest BCUT2D eigenvalue weighted by Crippen LogP contribution is 2.29. The fourth-order valence-electron chi connectivity index (χ4n) is 2.60. The summed E-state index contributed by atoms with van der Waals surface area (Å²) in [7, 11) is 0. The molecule has 1 saturated carbocycles. The van der Waals surface area contributed by atoms with Crippen molar-refractivity contribution in [3.8, 4) is 12.3 Å². The Kier molecular flexibility index (Phi) is 6.07. The van der Waals surface area contributed by atoms with Crippen LogP contribution in [0.3, 0.4) is 0 Å². The van der Waals surface area contributed by atoms with Gasteiger partial charge in [0.1, 0.15) is 0 Å². The molecule has 1 amide bonds. The van der Waals surface area contributed by atoms with Gasteiger partial charge >= 0.3 is 0 Å². The quantitative estimate of drug-likeness (QED) is 0.713. The zero-order chi connectivity index (χ0) is 12.7. The van der Waals surface area contributed by atoms with Gasteiger partial charge in [-0.05, 0) is 31.7 Å². The first-order valence-corrected chi connectivity index (χ1v) is 6.69. The summed E-state index contributed by atoms with van der Waals surface area (Å²) in [5, 5.41) is 2.97. The minimum absolute atomic E-state index is 0.0708. The first kappa shape index (κ1) is 14.1. The lowest BCUT2D eigenvalue weighted by atomic mass is 9.78. The van der Waals surface area contributed by atoms with E-state index in [-0.39, 0.29) is 17.9 Å². The maximum absolute atomic E-state index is 12.1. The normalized spacial score (nSPS) is 25.9. The third kappa shape index (κ3) is 4.05. The van der Waals surface area contributed by atoms with Gasteiger partial charge in [-0.1, -0.05) is 32.1 Å². The van der Waals surface area contributed by atoms with E-state index in [1.807, 2.05) is 0 Å². The summed E-state index contributed by atoms with van der Waals surface area (Å²) in [6.45, 7) is 2.67. The van der Waals surface area contributed by atoms with Crippen molar-refractivity contribution in [2.24, 2.45) is 17.6 Å². The third-order valence-electron chi connectivity index (χ3n) is 3.64. The molecule has 3 atom stereocenters. The first-order chi connectivity index (χ1) is 8.22. The third-order valence-corrected chi connectivity index (χ3v) is 3.64. The Hall–Kier alpha value is -1.01. The van der Waals surface area contributed by atoms with Crippen molar-refractivity contribution in [1.82, 2.24) is 5.32 Å². The van der Waals surface area contributed by atoms with Crippen LogP contribution < -0.4 is 11.1 Å². The Balaban J connectivity index is 2.52. The molecule has 3 nitrogen and oxygen atoms in total. The molecule has 0 aromatic heterocycles. The molecular formula is C14H24N2O. The Morgan fingerprint density at radius 3 is 2.82 bits per heavy atom. The smallest absolute Gasteiger partial charge is 0.224 e. The number of terminal acetylenes is 1. The van der Waals surface area contributed by atoms with E-state index in [0.29, 0.717) is 12.5 Å². The molecule has 0 radical (unpaired) electrons. The average molecular weight is 236 g/mol. The van der Waals surface area contributed by atoms with Gasteiger partial charge in [-0.25, -0.2) is 0 Å². The van der Waals surface area contributed by atoms with Gasteiger partial charge in [0, 0.05) is 5.92 Å². The van der Waals surface area contributed by atoms with Crippen LogP contribution in [0.15, 0.2) is 0 Å². The van der Waals surface area contributed by atoms with Gasteiger partial charge in [0.05, 0.1) is 6.04 Å². The van der Waals surface area contributed by atoms with Gasteiger partial charge in [0.2, 0.25) is 5.91 Å². The molecule has 17 heavy (non-hydrogen) atoms. The number of carbonyl (C=O) groups excluding carboxylic acids is 1. The van der Waals surface area contributed by atoms with Crippen molar-refractivity contribution in [3.05, 3.63) is 0 Å². The maximum atomic E-state index is 12.1. The van der Waals surface area contributed by atoms with E-state index in [4.69, 9.17) is 12.2 Å². The molecule has 0 aromatic carbocycles. The van der Waals surface area contributed by atoms with Gasteiger partial charge in [-0.15, -0.1) is 6.42 Å². The SMILES string of the molecule is C#CC(CCC)NC(=O)C1CCCCC1CN. The second kappa shape index (κ2) is 7.34. The molecule has 0 spiro atoms. The molecule has 3 N–H and O–H groups in total. The molecule has 0 aromatic rings. The predicted octanol–water partition coefficient (Wildman–Crippen LogP) is 1.67. The number of hydrogen-bond acceptors (Lipinski definition) is 2. The van der Waals surface area contributed by atoms with Crippen LogP contribution >= 0.6 is 0 Å². The molecule has 0 heterocycles.